The van der Waals surface area contributed by atoms with Gasteiger partial charge < -0.3 is 10.5 Å². The van der Waals surface area contributed by atoms with Crippen molar-refractivity contribution in [3.8, 4) is 0 Å². The normalized spacial score (nSPS) is 19.8. The van der Waals surface area contributed by atoms with Gasteiger partial charge in [0.15, 0.2) is 5.82 Å². The molecule has 1 aliphatic carbocycles. The van der Waals surface area contributed by atoms with Crippen LogP contribution in [0, 0.1) is 6.92 Å². The number of aromatic nitrogens is 2. The third kappa shape index (κ3) is 3.36. The van der Waals surface area contributed by atoms with Gasteiger partial charge in [-0.05, 0) is 32.3 Å². The summed E-state index contributed by atoms with van der Waals surface area (Å²) in [6, 6.07) is 2.22. The molecular formula is C16H27N3O. The van der Waals surface area contributed by atoms with E-state index in [1.165, 1.54) is 19.3 Å². The van der Waals surface area contributed by atoms with E-state index in [1.807, 2.05) is 13.0 Å². The number of rotatable bonds is 5. The Morgan fingerprint density at radius 3 is 2.60 bits per heavy atom. The van der Waals surface area contributed by atoms with Crippen LogP contribution in [0.5, 0.6) is 0 Å². The minimum absolute atomic E-state index is 0.169. The van der Waals surface area contributed by atoms with Gasteiger partial charge in [0.2, 0.25) is 0 Å². The van der Waals surface area contributed by atoms with Crippen molar-refractivity contribution in [2.45, 2.75) is 70.4 Å². The molecule has 1 unspecified atom stereocenters. The lowest BCUT2D eigenvalue weighted by Crippen LogP contribution is -2.34. The van der Waals surface area contributed by atoms with Crippen molar-refractivity contribution in [3.05, 3.63) is 23.3 Å². The van der Waals surface area contributed by atoms with Gasteiger partial charge in [0.1, 0.15) is 5.60 Å². The van der Waals surface area contributed by atoms with Crippen molar-refractivity contribution in [1.29, 1.82) is 0 Å². The van der Waals surface area contributed by atoms with Crippen molar-refractivity contribution in [3.63, 3.8) is 0 Å². The summed E-state index contributed by atoms with van der Waals surface area (Å²) in [6.45, 7) is 4.13. The first-order chi connectivity index (χ1) is 9.59. The van der Waals surface area contributed by atoms with E-state index >= 15 is 0 Å². The first-order valence-electron chi connectivity index (χ1n) is 7.75. The van der Waals surface area contributed by atoms with Crippen LogP contribution in [0.25, 0.3) is 0 Å². The topological polar surface area (TPSA) is 61.0 Å². The van der Waals surface area contributed by atoms with Gasteiger partial charge in [-0.15, -0.1) is 0 Å². The van der Waals surface area contributed by atoms with E-state index in [0.29, 0.717) is 0 Å². The van der Waals surface area contributed by atoms with Crippen LogP contribution in [-0.2, 0) is 16.8 Å². The van der Waals surface area contributed by atoms with Crippen molar-refractivity contribution in [1.82, 2.24) is 9.97 Å². The lowest BCUT2D eigenvalue weighted by atomic mass is 9.83. The van der Waals surface area contributed by atoms with Gasteiger partial charge in [-0.2, -0.15) is 0 Å². The van der Waals surface area contributed by atoms with Crippen LogP contribution in [0.3, 0.4) is 0 Å². The largest absolute Gasteiger partial charge is 0.370 e. The first kappa shape index (κ1) is 15.4. The second-order valence-corrected chi connectivity index (χ2v) is 5.96. The van der Waals surface area contributed by atoms with Gasteiger partial charge in [0.25, 0.3) is 0 Å². The van der Waals surface area contributed by atoms with Gasteiger partial charge >= 0.3 is 0 Å². The molecule has 1 aromatic rings. The Bertz CT molecular complexity index is 441. The Labute approximate surface area is 122 Å². The molecule has 4 nitrogen and oxygen atoms in total. The fourth-order valence-corrected chi connectivity index (χ4v) is 3.00. The molecule has 1 aliphatic rings. The molecule has 0 bridgehead atoms. The van der Waals surface area contributed by atoms with E-state index in [1.54, 1.807) is 7.11 Å². The van der Waals surface area contributed by atoms with E-state index in [0.717, 1.165) is 42.9 Å². The number of hydrogen-bond donors (Lipinski definition) is 1. The zero-order valence-electron chi connectivity index (χ0n) is 13.0. The van der Waals surface area contributed by atoms with Crippen LogP contribution in [0.1, 0.15) is 62.7 Å². The maximum Gasteiger partial charge on any atom is 0.160 e. The number of nitrogens with two attached hydrogens (primary N) is 1. The standard InChI is InChI=1S/C16H27N3O/c1-4-13(17)11-14-10-12(2)18-15(19-14)16(20-3)8-6-5-7-9-16/h10,13H,4-9,11,17H2,1-3H3. The Hall–Kier alpha value is -1.00. The van der Waals surface area contributed by atoms with E-state index in [4.69, 9.17) is 15.5 Å². The molecule has 1 atom stereocenters. The Morgan fingerprint density at radius 1 is 1.30 bits per heavy atom. The maximum atomic E-state index is 6.06. The molecular weight excluding hydrogens is 250 g/mol. The summed E-state index contributed by atoms with van der Waals surface area (Å²) < 4.78 is 5.85. The van der Waals surface area contributed by atoms with Gasteiger partial charge in [0.05, 0.1) is 0 Å². The molecule has 1 saturated carbocycles. The molecule has 0 aliphatic heterocycles. The van der Waals surface area contributed by atoms with Gasteiger partial charge in [-0.3, -0.25) is 0 Å². The average molecular weight is 277 g/mol. The smallest absolute Gasteiger partial charge is 0.160 e. The van der Waals surface area contributed by atoms with Gasteiger partial charge in [0, 0.05) is 31.0 Å². The summed E-state index contributed by atoms with van der Waals surface area (Å²) in [5.74, 6) is 0.859. The van der Waals surface area contributed by atoms with Crippen LogP contribution >= 0.6 is 0 Å². The van der Waals surface area contributed by atoms with Crippen LogP contribution < -0.4 is 5.73 Å². The Kier molecular flexibility index (Phi) is 5.11. The molecule has 20 heavy (non-hydrogen) atoms. The Morgan fingerprint density at radius 2 is 2.00 bits per heavy atom. The lowest BCUT2D eigenvalue weighted by molar-refractivity contribution is -0.0517. The van der Waals surface area contributed by atoms with Crippen molar-refractivity contribution >= 4 is 0 Å². The highest BCUT2D eigenvalue weighted by Gasteiger charge is 2.37. The summed E-state index contributed by atoms with van der Waals surface area (Å²) in [5.41, 5.74) is 7.83. The summed E-state index contributed by atoms with van der Waals surface area (Å²) in [7, 11) is 1.79. The molecule has 1 aromatic heterocycles. The molecule has 0 radical (unpaired) electrons. The van der Waals surface area contributed by atoms with Crippen molar-refractivity contribution in [2.75, 3.05) is 7.11 Å². The van der Waals surface area contributed by atoms with Gasteiger partial charge in [-0.25, -0.2) is 9.97 Å². The van der Waals surface area contributed by atoms with Crippen LogP contribution in [0.15, 0.2) is 6.07 Å². The number of aryl methyl sites for hydroxylation is 1. The highest BCUT2D eigenvalue weighted by molar-refractivity contribution is 5.16. The van der Waals surface area contributed by atoms with Crippen LogP contribution in [-0.4, -0.2) is 23.1 Å². The number of hydrogen-bond acceptors (Lipinski definition) is 4. The zero-order chi connectivity index (χ0) is 14.6. The molecule has 112 valence electrons. The number of nitrogens with zero attached hydrogens (tertiary/aromatic N) is 2. The fraction of sp³-hybridized carbons (Fsp3) is 0.750. The number of methoxy groups -OCH3 is 1. The van der Waals surface area contributed by atoms with Crippen LogP contribution in [0.4, 0.5) is 0 Å². The predicted molar refractivity (Wildman–Crippen MR) is 80.5 cm³/mol. The molecule has 0 amide bonds. The summed E-state index contributed by atoms with van der Waals surface area (Å²) in [5, 5.41) is 0. The minimum Gasteiger partial charge on any atom is -0.370 e. The molecule has 4 heteroatoms. The molecule has 0 aromatic carbocycles. The highest BCUT2D eigenvalue weighted by Crippen LogP contribution is 2.38. The second-order valence-electron chi connectivity index (χ2n) is 5.96. The van der Waals surface area contributed by atoms with Crippen molar-refractivity contribution < 1.29 is 4.74 Å². The summed E-state index contributed by atoms with van der Waals surface area (Å²) >= 11 is 0. The average Bonchev–Trinajstić information content (AvgIpc) is 2.47. The molecule has 1 heterocycles. The molecule has 0 spiro atoms. The monoisotopic (exact) mass is 277 g/mol. The van der Waals surface area contributed by atoms with E-state index in [-0.39, 0.29) is 11.6 Å². The van der Waals surface area contributed by atoms with Crippen molar-refractivity contribution in [2.24, 2.45) is 5.73 Å². The predicted octanol–water partition coefficient (Wildman–Crippen LogP) is 2.87. The quantitative estimate of drug-likeness (QED) is 0.899. The first-order valence-corrected chi connectivity index (χ1v) is 7.75. The molecule has 0 saturated heterocycles. The fourth-order valence-electron chi connectivity index (χ4n) is 3.00. The summed E-state index contributed by atoms with van der Waals surface area (Å²) in [4.78, 5) is 9.43. The second kappa shape index (κ2) is 6.64. The van der Waals surface area contributed by atoms with E-state index in [2.05, 4.69) is 11.9 Å². The lowest BCUT2D eigenvalue weighted by Gasteiger charge is -2.34. The van der Waals surface area contributed by atoms with Crippen LogP contribution in [0.2, 0.25) is 0 Å². The highest BCUT2D eigenvalue weighted by atomic mass is 16.5. The third-order valence-corrected chi connectivity index (χ3v) is 4.36. The zero-order valence-corrected chi connectivity index (χ0v) is 13.0. The SMILES string of the molecule is CCC(N)Cc1cc(C)nc(C2(OC)CCCCC2)n1. The van der Waals surface area contributed by atoms with E-state index < -0.39 is 0 Å². The minimum atomic E-state index is -0.282. The Balaban J connectivity index is 2.30. The molecule has 2 N–H and O–H groups in total. The maximum absolute atomic E-state index is 6.06. The van der Waals surface area contributed by atoms with Gasteiger partial charge in [-0.1, -0.05) is 26.2 Å². The third-order valence-electron chi connectivity index (χ3n) is 4.36. The molecule has 2 rings (SSSR count). The summed E-state index contributed by atoms with van der Waals surface area (Å²) in [6.07, 6.45) is 7.48. The molecule has 1 fully saturated rings. The number of ether oxygens (including phenoxy) is 1. The van der Waals surface area contributed by atoms with E-state index in [9.17, 15) is 0 Å².